The number of sulfonamides is 1. The van der Waals surface area contributed by atoms with Crippen LogP contribution in [0.15, 0.2) is 41.6 Å². The molecule has 2 atom stereocenters. The predicted molar refractivity (Wildman–Crippen MR) is 114 cm³/mol. The molecule has 0 spiro atoms. The van der Waals surface area contributed by atoms with Gasteiger partial charge in [-0.15, -0.1) is 0 Å². The van der Waals surface area contributed by atoms with Crippen molar-refractivity contribution in [2.75, 3.05) is 33.3 Å². The van der Waals surface area contributed by atoms with Gasteiger partial charge in [-0.2, -0.15) is 4.31 Å². The average Bonchev–Trinajstić information content (AvgIpc) is 3.54. The second kappa shape index (κ2) is 8.46. The van der Waals surface area contributed by atoms with Crippen LogP contribution in [0.25, 0.3) is 0 Å². The lowest BCUT2D eigenvalue weighted by atomic mass is 10.2. The first-order chi connectivity index (χ1) is 15.0. The fourth-order valence-electron chi connectivity index (χ4n) is 4.53. The van der Waals surface area contributed by atoms with Crippen LogP contribution in [-0.2, 0) is 21.4 Å². The summed E-state index contributed by atoms with van der Waals surface area (Å²) in [6, 6.07) is 7.15. The third-order valence-corrected chi connectivity index (χ3v) is 8.18. The molecular weight excluding hydrogens is 416 g/mol. The first kappa shape index (κ1) is 20.8. The molecule has 31 heavy (non-hydrogen) atoms. The molecule has 3 fully saturated rings. The van der Waals surface area contributed by atoms with Gasteiger partial charge in [0, 0.05) is 51.7 Å². The molecule has 1 aromatic heterocycles. The Hall–Kier alpha value is -2.07. The Balaban J connectivity index is 1.22. The van der Waals surface area contributed by atoms with Gasteiger partial charge in [-0.05, 0) is 30.5 Å². The van der Waals surface area contributed by atoms with Gasteiger partial charge >= 0.3 is 0 Å². The van der Waals surface area contributed by atoms with Crippen LogP contribution in [-0.4, -0.2) is 73.0 Å². The van der Waals surface area contributed by atoms with E-state index in [1.165, 1.54) is 12.8 Å². The summed E-state index contributed by atoms with van der Waals surface area (Å²) in [7, 11) is -1.93. The zero-order valence-corrected chi connectivity index (χ0v) is 18.5. The molecule has 1 aromatic carbocycles. The molecule has 0 amide bonds. The monoisotopic (exact) mass is 444 g/mol. The number of rotatable bonds is 7. The highest BCUT2D eigenvalue weighted by atomic mass is 32.2. The third-order valence-electron chi connectivity index (χ3n) is 6.32. The van der Waals surface area contributed by atoms with Gasteiger partial charge in [0.2, 0.25) is 15.9 Å². The van der Waals surface area contributed by atoms with Crippen molar-refractivity contribution in [3.63, 3.8) is 0 Å². The summed E-state index contributed by atoms with van der Waals surface area (Å²) < 4.78 is 39.2. The van der Waals surface area contributed by atoms with Crippen molar-refractivity contribution >= 4 is 10.0 Å². The number of fused-ring (bicyclic) bond motifs is 1. The minimum atomic E-state index is -3.54. The fourth-order valence-corrected chi connectivity index (χ4v) is 6.07. The molecule has 2 saturated heterocycles. The van der Waals surface area contributed by atoms with E-state index >= 15 is 0 Å². The molecule has 0 unspecified atom stereocenters. The molecule has 0 bridgehead atoms. The molecule has 0 N–H and O–H groups in total. The summed E-state index contributed by atoms with van der Waals surface area (Å²) in [6.07, 6.45) is 6.71. The van der Waals surface area contributed by atoms with Crippen LogP contribution in [0.5, 0.6) is 5.88 Å². The summed E-state index contributed by atoms with van der Waals surface area (Å²) in [4.78, 5) is 11.5. The number of piperazine rings is 1. The summed E-state index contributed by atoms with van der Waals surface area (Å²) in [6.45, 7) is 2.84. The van der Waals surface area contributed by atoms with Crippen molar-refractivity contribution in [3.8, 4) is 5.88 Å². The van der Waals surface area contributed by atoms with Crippen LogP contribution in [0.3, 0.4) is 0 Å². The maximum Gasteiger partial charge on any atom is 0.243 e. The van der Waals surface area contributed by atoms with Gasteiger partial charge in [-0.25, -0.2) is 13.4 Å². The molecule has 8 nitrogen and oxygen atoms in total. The predicted octanol–water partition coefficient (Wildman–Crippen LogP) is 2.03. The van der Waals surface area contributed by atoms with Gasteiger partial charge in [0.15, 0.2) is 0 Å². The summed E-state index contributed by atoms with van der Waals surface area (Å²) >= 11 is 0. The maximum absolute atomic E-state index is 13.2. The average molecular weight is 445 g/mol. The van der Waals surface area contributed by atoms with E-state index in [9.17, 15) is 8.42 Å². The van der Waals surface area contributed by atoms with Gasteiger partial charge < -0.3 is 9.47 Å². The number of methoxy groups -OCH3 is 1. The van der Waals surface area contributed by atoms with Crippen LogP contribution < -0.4 is 4.74 Å². The van der Waals surface area contributed by atoms with Gasteiger partial charge in [0.25, 0.3) is 0 Å². The van der Waals surface area contributed by atoms with Gasteiger partial charge in [0.05, 0.1) is 29.6 Å². The van der Waals surface area contributed by atoms with Crippen molar-refractivity contribution in [1.29, 1.82) is 0 Å². The van der Waals surface area contributed by atoms with E-state index in [4.69, 9.17) is 9.47 Å². The molecule has 0 radical (unpaired) electrons. The SMILES string of the molecule is COCc1cccc(S(=O)(=O)N2CCN3C[C@@H](Oc4cnc(C5CC5)cn4)C[C@H]3C2)c1. The number of aromatic nitrogens is 2. The highest BCUT2D eigenvalue weighted by Gasteiger charge is 2.41. The quantitative estimate of drug-likeness (QED) is 0.646. The van der Waals surface area contributed by atoms with Crippen molar-refractivity contribution in [2.45, 2.75) is 48.8 Å². The lowest BCUT2D eigenvalue weighted by Gasteiger charge is -2.36. The number of benzene rings is 1. The second-order valence-electron chi connectivity index (χ2n) is 8.62. The zero-order chi connectivity index (χ0) is 21.4. The van der Waals surface area contributed by atoms with E-state index in [0.717, 1.165) is 24.2 Å². The van der Waals surface area contributed by atoms with E-state index in [0.29, 0.717) is 42.9 Å². The number of nitrogens with zero attached hydrogens (tertiary/aromatic N) is 4. The topological polar surface area (TPSA) is 84.9 Å². The summed E-state index contributed by atoms with van der Waals surface area (Å²) in [5.74, 6) is 1.12. The van der Waals surface area contributed by atoms with E-state index in [1.54, 1.807) is 35.8 Å². The number of hydrogen-bond donors (Lipinski definition) is 0. The molecule has 9 heteroatoms. The molecule has 1 aliphatic carbocycles. The first-order valence-electron chi connectivity index (χ1n) is 10.8. The van der Waals surface area contributed by atoms with E-state index in [1.807, 2.05) is 12.3 Å². The van der Waals surface area contributed by atoms with Gasteiger partial charge in [-0.1, -0.05) is 12.1 Å². The highest BCUT2D eigenvalue weighted by molar-refractivity contribution is 7.89. The van der Waals surface area contributed by atoms with Gasteiger partial charge in [0.1, 0.15) is 6.10 Å². The summed E-state index contributed by atoms with van der Waals surface area (Å²) in [5, 5.41) is 0. The molecule has 2 aliphatic heterocycles. The van der Waals surface area contributed by atoms with Crippen molar-refractivity contribution in [2.24, 2.45) is 0 Å². The lowest BCUT2D eigenvalue weighted by Crippen LogP contribution is -2.51. The molecule has 166 valence electrons. The van der Waals surface area contributed by atoms with Crippen LogP contribution in [0.2, 0.25) is 0 Å². The highest BCUT2D eigenvalue weighted by Crippen LogP contribution is 2.38. The van der Waals surface area contributed by atoms with Crippen LogP contribution in [0, 0.1) is 0 Å². The van der Waals surface area contributed by atoms with Gasteiger partial charge in [-0.3, -0.25) is 9.88 Å². The lowest BCUT2D eigenvalue weighted by molar-refractivity contribution is 0.151. The molecule has 1 saturated carbocycles. The smallest absolute Gasteiger partial charge is 0.243 e. The molecule has 3 aliphatic rings. The Morgan fingerprint density at radius 2 is 2.00 bits per heavy atom. The molecular formula is C22H28N4O4S. The minimum absolute atomic E-state index is 0.00115. The third kappa shape index (κ3) is 4.45. The van der Waals surface area contributed by atoms with Crippen LogP contribution in [0.4, 0.5) is 0 Å². The Morgan fingerprint density at radius 3 is 2.74 bits per heavy atom. The zero-order valence-electron chi connectivity index (χ0n) is 17.7. The number of ether oxygens (including phenoxy) is 2. The summed E-state index contributed by atoms with van der Waals surface area (Å²) in [5.41, 5.74) is 1.90. The fraction of sp³-hybridized carbons (Fsp3) is 0.545. The maximum atomic E-state index is 13.2. The standard InChI is InChI=1S/C22H28N4O4S/c1-29-15-16-3-2-4-20(9-16)31(27,28)26-8-7-25-14-19(10-18(25)13-26)30-22-12-23-21(11-24-22)17-5-6-17/h2-4,9,11-12,17-19H,5-8,10,13-15H2,1H3/t18-,19-/m0/s1. The van der Waals surface area contributed by atoms with Crippen molar-refractivity contribution < 1.29 is 17.9 Å². The Labute approximate surface area is 183 Å². The Kier molecular flexibility index (Phi) is 5.68. The van der Waals surface area contributed by atoms with Crippen molar-refractivity contribution in [1.82, 2.24) is 19.2 Å². The van der Waals surface area contributed by atoms with Crippen LogP contribution in [0.1, 0.15) is 36.4 Å². The van der Waals surface area contributed by atoms with E-state index in [2.05, 4.69) is 14.9 Å². The Morgan fingerprint density at radius 1 is 1.13 bits per heavy atom. The first-order valence-corrected chi connectivity index (χ1v) is 12.3. The molecule has 2 aromatic rings. The number of hydrogen-bond acceptors (Lipinski definition) is 7. The second-order valence-corrected chi connectivity index (χ2v) is 10.6. The molecule has 3 heterocycles. The van der Waals surface area contributed by atoms with Crippen molar-refractivity contribution in [3.05, 3.63) is 47.9 Å². The normalized spacial score (nSPS) is 24.8. The van der Waals surface area contributed by atoms with Crippen LogP contribution >= 0.6 is 0 Å². The largest absolute Gasteiger partial charge is 0.472 e. The Bertz CT molecular complexity index is 1030. The molecule has 5 rings (SSSR count). The van der Waals surface area contributed by atoms with E-state index in [-0.39, 0.29) is 12.1 Å². The minimum Gasteiger partial charge on any atom is -0.472 e. The van der Waals surface area contributed by atoms with E-state index < -0.39 is 10.0 Å².